The van der Waals surface area contributed by atoms with Crippen molar-refractivity contribution in [2.45, 2.75) is 39.0 Å². The SMILES string of the molecule is CCC1CCC(=O)C(Cc2ccco2)C1. The molecule has 1 aromatic rings. The van der Waals surface area contributed by atoms with Crippen LogP contribution in [0, 0.1) is 11.8 Å². The zero-order valence-electron chi connectivity index (χ0n) is 9.24. The van der Waals surface area contributed by atoms with Crippen molar-refractivity contribution in [2.75, 3.05) is 0 Å². The summed E-state index contributed by atoms with van der Waals surface area (Å²) < 4.78 is 5.30. The highest BCUT2D eigenvalue weighted by Crippen LogP contribution is 2.30. The number of Topliss-reactive ketones (excluding diaryl/α,β-unsaturated/α-hetero) is 1. The fourth-order valence-corrected chi connectivity index (χ4v) is 2.44. The highest BCUT2D eigenvalue weighted by Gasteiger charge is 2.28. The molecule has 1 aromatic heterocycles. The lowest BCUT2D eigenvalue weighted by Crippen LogP contribution is -2.26. The average molecular weight is 206 g/mol. The lowest BCUT2D eigenvalue weighted by atomic mass is 9.77. The summed E-state index contributed by atoms with van der Waals surface area (Å²) in [6, 6.07) is 3.85. The Bertz CT molecular complexity index is 313. The maximum atomic E-state index is 11.7. The Morgan fingerprint density at radius 1 is 1.53 bits per heavy atom. The molecule has 2 atom stereocenters. The molecule has 0 bridgehead atoms. The van der Waals surface area contributed by atoms with E-state index in [2.05, 4.69) is 6.92 Å². The summed E-state index contributed by atoms with van der Waals surface area (Å²) in [4.78, 5) is 11.7. The van der Waals surface area contributed by atoms with Crippen LogP contribution in [-0.4, -0.2) is 5.78 Å². The molecule has 0 radical (unpaired) electrons. The van der Waals surface area contributed by atoms with Crippen LogP contribution in [0.5, 0.6) is 0 Å². The minimum atomic E-state index is 0.204. The molecular formula is C13H18O2. The molecule has 0 N–H and O–H groups in total. The largest absolute Gasteiger partial charge is 0.469 e. The molecule has 82 valence electrons. The molecule has 0 aromatic carbocycles. The Balaban J connectivity index is 1.97. The first-order chi connectivity index (χ1) is 7.29. The van der Waals surface area contributed by atoms with Gasteiger partial charge in [0.05, 0.1) is 6.26 Å². The third kappa shape index (κ3) is 2.49. The van der Waals surface area contributed by atoms with Crippen LogP contribution in [0.2, 0.25) is 0 Å². The first kappa shape index (κ1) is 10.5. The van der Waals surface area contributed by atoms with Gasteiger partial charge in [-0.1, -0.05) is 13.3 Å². The number of hydrogen-bond acceptors (Lipinski definition) is 2. The van der Waals surface area contributed by atoms with Crippen LogP contribution in [0.3, 0.4) is 0 Å². The number of rotatable bonds is 3. The van der Waals surface area contributed by atoms with Crippen molar-refractivity contribution in [3.05, 3.63) is 24.2 Å². The molecule has 0 aliphatic heterocycles. The zero-order chi connectivity index (χ0) is 10.7. The second kappa shape index (κ2) is 4.65. The third-order valence-electron chi connectivity index (χ3n) is 3.48. The van der Waals surface area contributed by atoms with Crippen LogP contribution in [0.1, 0.15) is 38.4 Å². The van der Waals surface area contributed by atoms with Gasteiger partial charge >= 0.3 is 0 Å². The van der Waals surface area contributed by atoms with E-state index in [0.717, 1.165) is 37.4 Å². The second-order valence-corrected chi connectivity index (χ2v) is 4.50. The summed E-state index contributed by atoms with van der Waals surface area (Å²) in [5, 5.41) is 0. The van der Waals surface area contributed by atoms with E-state index in [1.165, 1.54) is 6.42 Å². The molecule has 2 nitrogen and oxygen atoms in total. The third-order valence-corrected chi connectivity index (χ3v) is 3.48. The van der Waals surface area contributed by atoms with Gasteiger partial charge in [0.15, 0.2) is 0 Å². The molecule has 2 heteroatoms. The van der Waals surface area contributed by atoms with Crippen LogP contribution in [0.15, 0.2) is 22.8 Å². The highest BCUT2D eigenvalue weighted by atomic mass is 16.3. The van der Waals surface area contributed by atoms with Gasteiger partial charge < -0.3 is 4.42 Å². The van der Waals surface area contributed by atoms with Gasteiger partial charge in [-0.05, 0) is 30.9 Å². The highest BCUT2D eigenvalue weighted by molar-refractivity contribution is 5.81. The summed E-state index contributed by atoms with van der Waals surface area (Å²) in [6.07, 6.45) is 6.58. The minimum Gasteiger partial charge on any atom is -0.469 e. The first-order valence-electron chi connectivity index (χ1n) is 5.84. The monoisotopic (exact) mass is 206 g/mol. The molecule has 1 aliphatic rings. The van der Waals surface area contributed by atoms with Gasteiger partial charge in [-0.2, -0.15) is 0 Å². The second-order valence-electron chi connectivity index (χ2n) is 4.50. The van der Waals surface area contributed by atoms with E-state index >= 15 is 0 Å². The normalized spacial score (nSPS) is 26.9. The molecule has 0 amide bonds. The summed E-state index contributed by atoms with van der Waals surface area (Å²) >= 11 is 0. The minimum absolute atomic E-state index is 0.204. The van der Waals surface area contributed by atoms with Gasteiger partial charge in [0.1, 0.15) is 11.5 Å². The van der Waals surface area contributed by atoms with Crippen molar-refractivity contribution in [3.8, 4) is 0 Å². The molecule has 0 saturated heterocycles. The average Bonchev–Trinajstić information content (AvgIpc) is 2.74. The molecular weight excluding hydrogens is 188 g/mol. The van der Waals surface area contributed by atoms with E-state index in [-0.39, 0.29) is 5.92 Å². The van der Waals surface area contributed by atoms with E-state index in [4.69, 9.17) is 4.42 Å². The standard InChI is InChI=1S/C13H18O2/c1-2-10-5-6-13(14)11(8-10)9-12-4-3-7-15-12/h3-4,7,10-11H,2,5-6,8-9H2,1H3. The van der Waals surface area contributed by atoms with Crippen LogP contribution in [-0.2, 0) is 11.2 Å². The van der Waals surface area contributed by atoms with E-state index in [9.17, 15) is 4.79 Å². The van der Waals surface area contributed by atoms with Crippen molar-refractivity contribution < 1.29 is 9.21 Å². The lowest BCUT2D eigenvalue weighted by molar-refractivity contribution is -0.125. The maximum absolute atomic E-state index is 11.7. The Kier molecular flexibility index (Phi) is 3.24. The summed E-state index contributed by atoms with van der Waals surface area (Å²) in [7, 11) is 0. The van der Waals surface area contributed by atoms with Crippen LogP contribution < -0.4 is 0 Å². The van der Waals surface area contributed by atoms with E-state index in [0.29, 0.717) is 5.78 Å². The molecule has 2 rings (SSSR count). The van der Waals surface area contributed by atoms with Gasteiger partial charge in [0.25, 0.3) is 0 Å². The van der Waals surface area contributed by atoms with Gasteiger partial charge in [-0.3, -0.25) is 4.79 Å². The van der Waals surface area contributed by atoms with Crippen LogP contribution in [0.4, 0.5) is 0 Å². The number of carbonyl (C=O) groups excluding carboxylic acids is 1. The quantitative estimate of drug-likeness (QED) is 0.760. The van der Waals surface area contributed by atoms with Gasteiger partial charge in [0, 0.05) is 18.8 Å². The van der Waals surface area contributed by atoms with Gasteiger partial charge in [0.2, 0.25) is 0 Å². The number of ketones is 1. The van der Waals surface area contributed by atoms with E-state index < -0.39 is 0 Å². The predicted octanol–water partition coefficient (Wildman–Crippen LogP) is 3.22. The van der Waals surface area contributed by atoms with Gasteiger partial charge in [-0.25, -0.2) is 0 Å². The topological polar surface area (TPSA) is 30.2 Å². The van der Waals surface area contributed by atoms with E-state index in [1.807, 2.05) is 12.1 Å². The maximum Gasteiger partial charge on any atom is 0.136 e. The Hall–Kier alpha value is -1.05. The molecule has 0 spiro atoms. The number of carbonyl (C=O) groups is 1. The molecule has 2 unspecified atom stereocenters. The smallest absolute Gasteiger partial charge is 0.136 e. The fourth-order valence-electron chi connectivity index (χ4n) is 2.44. The molecule has 15 heavy (non-hydrogen) atoms. The summed E-state index contributed by atoms with van der Waals surface area (Å²) in [5.41, 5.74) is 0. The van der Waals surface area contributed by atoms with Crippen molar-refractivity contribution in [2.24, 2.45) is 11.8 Å². The molecule has 1 heterocycles. The van der Waals surface area contributed by atoms with Gasteiger partial charge in [-0.15, -0.1) is 0 Å². The number of furan rings is 1. The van der Waals surface area contributed by atoms with Crippen molar-refractivity contribution >= 4 is 5.78 Å². The Labute approximate surface area is 90.7 Å². The van der Waals surface area contributed by atoms with Crippen molar-refractivity contribution in [1.29, 1.82) is 0 Å². The Morgan fingerprint density at radius 3 is 3.07 bits per heavy atom. The predicted molar refractivity (Wildman–Crippen MR) is 58.5 cm³/mol. The molecule has 1 fully saturated rings. The van der Waals surface area contributed by atoms with Crippen LogP contribution >= 0.6 is 0 Å². The first-order valence-corrected chi connectivity index (χ1v) is 5.84. The van der Waals surface area contributed by atoms with Crippen molar-refractivity contribution in [1.82, 2.24) is 0 Å². The molecule has 1 saturated carbocycles. The summed E-state index contributed by atoms with van der Waals surface area (Å²) in [5.74, 6) is 2.32. The lowest BCUT2D eigenvalue weighted by Gasteiger charge is -2.26. The zero-order valence-corrected chi connectivity index (χ0v) is 9.24. The molecule has 1 aliphatic carbocycles. The Morgan fingerprint density at radius 2 is 2.40 bits per heavy atom. The van der Waals surface area contributed by atoms with E-state index in [1.54, 1.807) is 6.26 Å². The fraction of sp³-hybridized carbons (Fsp3) is 0.615. The number of hydrogen-bond donors (Lipinski definition) is 0. The summed E-state index contributed by atoms with van der Waals surface area (Å²) in [6.45, 7) is 2.21. The van der Waals surface area contributed by atoms with Crippen LogP contribution in [0.25, 0.3) is 0 Å². The van der Waals surface area contributed by atoms with Crippen molar-refractivity contribution in [3.63, 3.8) is 0 Å².